The molecule has 34 heavy (non-hydrogen) atoms. The number of aryl methyl sites for hydroxylation is 1. The van der Waals surface area contributed by atoms with E-state index in [0.717, 1.165) is 19.2 Å². The molecule has 0 unspecified atom stereocenters. The van der Waals surface area contributed by atoms with Gasteiger partial charge < -0.3 is 14.8 Å². The highest BCUT2D eigenvalue weighted by atomic mass is 127. The number of anilines is 1. The predicted molar refractivity (Wildman–Crippen MR) is 147 cm³/mol. The Labute approximate surface area is 226 Å². The van der Waals surface area contributed by atoms with E-state index < -0.39 is 5.91 Å². The minimum absolute atomic E-state index is 0.0314. The van der Waals surface area contributed by atoms with Crippen LogP contribution in [0, 0.1) is 21.8 Å². The van der Waals surface area contributed by atoms with Crippen LogP contribution in [0.2, 0.25) is 5.02 Å². The Morgan fingerprint density at radius 2 is 1.91 bits per heavy atom. The van der Waals surface area contributed by atoms with Gasteiger partial charge in [-0.1, -0.05) is 39.7 Å². The molecule has 0 aliphatic carbocycles. The zero-order chi connectivity index (χ0) is 24.7. The van der Waals surface area contributed by atoms with Crippen LogP contribution in [0.15, 0.2) is 64.6 Å². The molecule has 3 aromatic rings. The summed E-state index contributed by atoms with van der Waals surface area (Å²) < 4.78 is 13.7. The largest absolute Gasteiger partial charge is 0.490 e. The van der Waals surface area contributed by atoms with Gasteiger partial charge in [-0.05, 0) is 102 Å². The molecule has 0 saturated heterocycles. The Balaban J connectivity index is 1.85. The number of amides is 1. The van der Waals surface area contributed by atoms with Gasteiger partial charge in [-0.2, -0.15) is 5.26 Å². The Bertz CT molecular complexity index is 1270. The Morgan fingerprint density at radius 1 is 1.18 bits per heavy atom. The van der Waals surface area contributed by atoms with E-state index in [-0.39, 0.29) is 5.57 Å². The molecule has 0 radical (unpaired) electrons. The van der Waals surface area contributed by atoms with E-state index in [1.807, 2.05) is 50.2 Å². The smallest absolute Gasteiger partial charge is 0.266 e. The van der Waals surface area contributed by atoms with E-state index in [1.165, 1.54) is 6.08 Å². The summed E-state index contributed by atoms with van der Waals surface area (Å²) in [5.41, 5.74) is 3.04. The fourth-order valence-corrected chi connectivity index (χ4v) is 4.35. The van der Waals surface area contributed by atoms with Crippen molar-refractivity contribution in [2.75, 3.05) is 11.9 Å². The first kappa shape index (κ1) is 26.1. The number of nitriles is 1. The van der Waals surface area contributed by atoms with Crippen molar-refractivity contribution in [3.05, 3.63) is 89.9 Å². The Kier molecular flexibility index (Phi) is 9.39. The average Bonchev–Trinajstić information content (AvgIpc) is 2.80. The molecule has 3 rings (SSSR count). The average molecular weight is 652 g/mol. The molecule has 3 aromatic carbocycles. The summed E-state index contributed by atoms with van der Waals surface area (Å²) in [4.78, 5) is 12.7. The van der Waals surface area contributed by atoms with E-state index in [0.29, 0.717) is 41.0 Å². The van der Waals surface area contributed by atoms with Gasteiger partial charge in [-0.3, -0.25) is 4.79 Å². The van der Waals surface area contributed by atoms with Gasteiger partial charge in [-0.15, -0.1) is 0 Å². The molecule has 1 amide bonds. The number of carbonyl (C=O) groups excluding carboxylic acids is 1. The maximum absolute atomic E-state index is 12.7. The van der Waals surface area contributed by atoms with Crippen LogP contribution in [0.25, 0.3) is 6.08 Å². The quantitative estimate of drug-likeness (QED) is 0.155. The number of hydrogen-bond acceptors (Lipinski definition) is 4. The molecule has 0 fully saturated rings. The highest BCUT2D eigenvalue weighted by Crippen LogP contribution is 2.35. The molecule has 0 bridgehead atoms. The molecule has 1 N–H and O–H groups in total. The number of benzene rings is 3. The lowest BCUT2D eigenvalue weighted by Gasteiger charge is -2.15. The number of nitrogens with one attached hydrogen (secondary N) is 1. The zero-order valence-corrected chi connectivity index (χ0v) is 23.0. The van der Waals surface area contributed by atoms with E-state index in [4.69, 9.17) is 21.1 Å². The number of ether oxygens (including phenoxy) is 2. The molecule has 0 aliphatic heterocycles. The second-order valence-corrected chi connectivity index (χ2v) is 9.78. The lowest BCUT2D eigenvalue weighted by molar-refractivity contribution is -0.112. The van der Waals surface area contributed by atoms with E-state index in [1.54, 1.807) is 24.3 Å². The molecule has 0 heterocycles. The number of halogens is 3. The fraction of sp³-hybridized carbons (Fsp3) is 0.154. The van der Waals surface area contributed by atoms with Gasteiger partial charge in [0.15, 0.2) is 11.5 Å². The highest BCUT2D eigenvalue weighted by Gasteiger charge is 2.15. The first-order chi connectivity index (χ1) is 16.3. The number of rotatable bonds is 8. The van der Waals surface area contributed by atoms with Crippen molar-refractivity contribution in [3.8, 4) is 17.6 Å². The second-order valence-electron chi connectivity index (χ2n) is 7.26. The molecule has 174 valence electrons. The van der Waals surface area contributed by atoms with Crippen molar-refractivity contribution in [1.29, 1.82) is 5.26 Å². The summed E-state index contributed by atoms with van der Waals surface area (Å²) in [5, 5.41) is 13.0. The number of carbonyl (C=O) groups is 1. The first-order valence-corrected chi connectivity index (χ1v) is 12.6. The van der Waals surface area contributed by atoms with Crippen LogP contribution in [0.5, 0.6) is 11.5 Å². The molecule has 8 heteroatoms. The molecule has 5 nitrogen and oxygen atoms in total. The minimum Gasteiger partial charge on any atom is -0.490 e. The monoisotopic (exact) mass is 650 g/mol. The summed E-state index contributed by atoms with van der Waals surface area (Å²) in [6.07, 6.45) is 1.53. The summed E-state index contributed by atoms with van der Waals surface area (Å²) >= 11 is 11.6. The summed E-state index contributed by atoms with van der Waals surface area (Å²) in [7, 11) is 0. The molecule has 0 spiro atoms. The first-order valence-electron chi connectivity index (χ1n) is 10.3. The van der Waals surface area contributed by atoms with Crippen LogP contribution in [0.3, 0.4) is 0 Å². The van der Waals surface area contributed by atoms with Gasteiger partial charge in [0.05, 0.1) is 10.2 Å². The van der Waals surface area contributed by atoms with Gasteiger partial charge in [0.1, 0.15) is 18.2 Å². The third kappa shape index (κ3) is 6.98. The van der Waals surface area contributed by atoms with Crippen molar-refractivity contribution in [2.24, 2.45) is 0 Å². The fourth-order valence-electron chi connectivity index (χ4n) is 3.08. The third-order valence-corrected chi connectivity index (χ3v) is 6.31. The molecular weight excluding hydrogens is 631 g/mol. The SMILES string of the molecule is CCOc1cc(/C=C(\C#N)C(=O)Nc2ccc(Cl)cc2C)cc(I)c1OCc1ccc(Br)cc1. The molecule has 0 saturated carbocycles. The maximum Gasteiger partial charge on any atom is 0.266 e. The van der Waals surface area contributed by atoms with Crippen LogP contribution < -0.4 is 14.8 Å². The lowest BCUT2D eigenvalue weighted by Crippen LogP contribution is -2.14. The van der Waals surface area contributed by atoms with Gasteiger partial charge in [0, 0.05) is 15.2 Å². The number of nitrogens with zero attached hydrogens (tertiary/aromatic N) is 1. The maximum atomic E-state index is 12.7. The van der Waals surface area contributed by atoms with E-state index in [9.17, 15) is 10.1 Å². The van der Waals surface area contributed by atoms with Gasteiger partial charge in [0.2, 0.25) is 0 Å². The van der Waals surface area contributed by atoms with Crippen LogP contribution in [0.4, 0.5) is 5.69 Å². The van der Waals surface area contributed by atoms with Gasteiger partial charge in [-0.25, -0.2) is 0 Å². The molecular formula is C26H21BrClIN2O3. The van der Waals surface area contributed by atoms with Crippen molar-refractivity contribution < 1.29 is 14.3 Å². The lowest BCUT2D eigenvalue weighted by atomic mass is 10.1. The number of hydrogen-bond donors (Lipinski definition) is 1. The second kappa shape index (κ2) is 12.2. The van der Waals surface area contributed by atoms with Crippen molar-refractivity contribution in [3.63, 3.8) is 0 Å². The van der Waals surface area contributed by atoms with Gasteiger partial charge >= 0.3 is 0 Å². The third-order valence-electron chi connectivity index (χ3n) is 4.74. The summed E-state index contributed by atoms with van der Waals surface area (Å²) in [6.45, 7) is 4.54. The van der Waals surface area contributed by atoms with Crippen LogP contribution >= 0.6 is 50.1 Å². The normalized spacial score (nSPS) is 11.0. The molecule has 0 aliphatic rings. The minimum atomic E-state index is -0.503. The summed E-state index contributed by atoms with van der Waals surface area (Å²) in [6, 6.07) is 18.6. The summed E-state index contributed by atoms with van der Waals surface area (Å²) in [5.74, 6) is 0.655. The Hall–Kier alpha value is -2.54. The standard InChI is InChI=1S/C26H21BrClIN2O3/c1-3-33-24-13-18(12-22(29)25(24)34-15-17-4-6-20(27)7-5-17)11-19(14-30)26(32)31-23-9-8-21(28)10-16(23)2/h4-13H,3,15H2,1-2H3,(H,31,32)/b19-11+. The topological polar surface area (TPSA) is 71.3 Å². The van der Waals surface area contributed by atoms with Crippen LogP contribution in [0.1, 0.15) is 23.6 Å². The highest BCUT2D eigenvalue weighted by molar-refractivity contribution is 14.1. The van der Waals surface area contributed by atoms with Crippen molar-refractivity contribution in [1.82, 2.24) is 0 Å². The predicted octanol–water partition coefficient (Wildman–Crippen LogP) is 7.54. The molecule has 0 aromatic heterocycles. The van der Waals surface area contributed by atoms with Gasteiger partial charge in [0.25, 0.3) is 5.91 Å². The van der Waals surface area contributed by atoms with Crippen molar-refractivity contribution in [2.45, 2.75) is 20.5 Å². The van der Waals surface area contributed by atoms with Crippen LogP contribution in [-0.4, -0.2) is 12.5 Å². The van der Waals surface area contributed by atoms with Crippen LogP contribution in [-0.2, 0) is 11.4 Å². The molecule has 0 atom stereocenters. The van der Waals surface area contributed by atoms with Crippen molar-refractivity contribution >= 4 is 67.8 Å². The zero-order valence-electron chi connectivity index (χ0n) is 18.5. The van der Waals surface area contributed by atoms with E-state index in [2.05, 4.69) is 43.8 Å². The Morgan fingerprint density at radius 3 is 2.56 bits per heavy atom. The van der Waals surface area contributed by atoms with E-state index >= 15 is 0 Å².